The lowest BCUT2D eigenvalue weighted by molar-refractivity contribution is -0.0281. The highest BCUT2D eigenvalue weighted by Crippen LogP contribution is 2.43. The Morgan fingerprint density at radius 2 is 2.00 bits per heavy atom. The van der Waals surface area contributed by atoms with Crippen molar-refractivity contribution in [3.8, 4) is 0 Å². The molecule has 2 heteroatoms. The molecule has 1 aliphatic carbocycles. The third-order valence-corrected chi connectivity index (χ3v) is 2.62. The maximum Gasteiger partial charge on any atom is 0.0550 e. The van der Waals surface area contributed by atoms with E-state index in [0.717, 1.165) is 19.4 Å². The van der Waals surface area contributed by atoms with Gasteiger partial charge in [0.25, 0.3) is 0 Å². The average Bonchev–Trinajstić information content (AvgIpc) is 1.81. The molecule has 1 aliphatic rings. The van der Waals surface area contributed by atoms with Gasteiger partial charge in [-0.1, -0.05) is 6.92 Å². The van der Waals surface area contributed by atoms with Gasteiger partial charge in [-0.2, -0.15) is 0 Å². The molecule has 0 amide bonds. The van der Waals surface area contributed by atoms with E-state index in [1.165, 1.54) is 6.42 Å². The van der Waals surface area contributed by atoms with Gasteiger partial charge in [-0.15, -0.1) is 0 Å². The van der Waals surface area contributed by atoms with E-state index in [-0.39, 0.29) is 6.10 Å². The topological polar surface area (TPSA) is 23.5 Å². The summed E-state index contributed by atoms with van der Waals surface area (Å²) < 4.78 is 0. The minimum Gasteiger partial charge on any atom is -0.393 e. The van der Waals surface area contributed by atoms with E-state index in [1.54, 1.807) is 0 Å². The van der Waals surface area contributed by atoms with Crippen molar-refractivity contribution in [2.45, 2.75) is 32.3 Å². The third-order valence-electron chi connectivity index (χ3n) is 2.62. The fraction of sp³-hybridized carbons (Fsp3) is 1.00. The van der Waals surface area contributed by atoms with Crippen LogP contribution in [0.4, 0.5) is 0 Å². The van der Waals surface area contributed by atoms with Crippen LogP contribution < -0.4 is 0 Å². The summed E-state index contributed by atoms with van der Waals surface area (Å²) in [6.07, 6.45) is 3.21. The van der Waals surface area contributed by atoms with E-state index < -0.39 is 0 Å². The van der Waals surface area contributed by atoms with Gasteiger partial charge in [0.05, 0.1) is 6.10 Å². The zero-order valence-electron chi connectivity index (χ0n) is 7.80. The van der Waals surface area contributed by atoms with Crippen LogP contribution in [0.1, 0.15) is 26.2 Å². The standard InChI is InChI=1S/C9H19NO/c1-9(4-5-10(2)3)6-8(11)7-9/h8,11H,4-7H2,1-3H3. The van der Waals surface area contributed by atoms with Crippen molar-refractivity contribution in [3.63, 3.8) is 0 Å². The summed E-state index contributed by atoms with van der Waals surface area (Å²) in [5.41, 5.74) is 0.434. The smallest absolute Gasteiger partial charge is 0.0550 e. The molecular formula is C9H19NO. The minimum absolute atomic E-state index is 0.0119. The molecule has 0 saturated heterocycles. The highest BCUT2D eigenvalue weighted by Gasteiger charge is 2.38. The molecule has 0 spiro atoms. The van der Waals surface area contributed by atoms with Crippen molar-refractivity contribution in [1.82, 2.24) is 4.90 Å². The maximum absolute atomic E-state index is 9.14. The molecule has 1 rings (SSSR count). The second-order valence-corrected chi connectivity index (χ2v) is 4.43. The normalized spacial score (nSPS) is 37.4. The highest BCUT2D eigenvalue weighted by molar-refractivity contribution is 4.90. The molecular weight excluding hydrogens is 138 g/mol. The van der Waals surface area contributed by atoms with E-state index in [1.807, 2.05) is 0 Å². The van der Waals surface area contributed by atoms with E-state index in [4.69, 9.17) is 5.11 Å². The third kappa shape index (κ3) is 2.46. The predicted molar refractivity (Wildman–Crippen MR) is 46.5 cm³/mol. The summed E-state index contributed by atoms with van der Waals surface area (Å²) in [4.78, 5) is 2.20. The van der Waals surface area contributed by atoms with Gasteiger partial charge in [0, 0.05) is 0 Å². The lowest BCUT2D eigenvalue weighted by Crippen LogP contribution is -2.40. The molecule has 1 N–H and O–H groups in total. The summed E-state index contributed by atoms with van der Waals surface area (Å²) in [6, 6.07) is 0. The zero-order valence-corrected chi connectivity index (χ0v) is 7.80. The average molecular weight is 157 g/mol. The van der Waals surface area contributed by atoms with Crippen molar-refractivity contribution in [2.75, 3.05) is 20.6 Å². The number of hydrogen-bond acceptors (Lipinski definition) is 2. The molecule has 11 heavy (non-hydrogen) atoms. The zero-order chi connectivity index (χ0) is 8.48. The quantitative estimate of drug-likeness (QED) is 0.663. The molecule has 2 nitrogen and oxygen atoms in total. The van der Waals surface area contributed by atoms with Gasteiger partial charge >= 0.3 is 0 Å². The van der Waals surface area contributed by atoms with Crippen LogP contribution in [0.3, 0.4) is 0 Å². The van der Waals surface area contributed by atoms with Crippen molar-refractivity contribution in [1.29, 1.82) is 0 Å². The first-order chi connectivity index (χ1) is 5.02. The number of nitrogens with zero attached hydrogens (tertiary/aromatic N) is 1. The van der Waals surface area contributed by atoms with Crippen LogP contribution in [0.2, 0.25) is 0 Å². The summed E-state index contributed by atoms with van der Waals surface area (Å²) in [5, 5.41) is 9.14. The fourth-order valence-corrected chi connectivity index (χ4v) is 1.78. The molecule has 66 valence electrons. The van der Waals surface area contributed by atoms with Crippen molar-refractivity contribution in [3.05, 3.63) is 0 Å². The first-order valence-corrected chi connectivity index (χ1v) is 4.35. The maximum atomic E-state index is 9.14. The van der Waals surface area contributed by atoms with Crippen LogP contribution in [0, 0.1) is 5.41 Å². The predicted octanol–water partition coefficient (Wildman–Crippen LogP) is 1.10. The monoisotopic (exact) mass is 157 g/mol. The lowest BCUT2D eigenvalue weighted by Gasteiger charge is -2.43. The van der Waals surface area contributed by atoms with Crippen LogP contribution in [0.15, 0.2) is 0 Å². The van der Waals surface area contributed by atoms with Crippen LogP contribution in [0.5, 0.6) is 0 Å². The fourth-order valence-electron chi connectivity index (χ4n) is 1.78. The van der Waals surface area contributed by atoms with Gasteiger partial charge < -0.3 is 10.0 Å². The molecule has 0 bridgehead atoms. The van der Waals surface area contributed by atoms with Crippen molar-refractivity contribution < 1.29 is 5.11 Å². The van der Waals surface area contributed by atoms with E-state index in [2.05, 4.69) is 25.9 Å². The molecule has 0 aromatic carbocycles. The van der Waals surface area contributed by atoms with Gasteiger partial charge in [0.2, 0.25) is 0 Å². The van der Waals surface area contributed by atoms with Gasteiger partial charge in [-0.05, 0) is 45.3 Å². The number of aliphatic hydroxyl groups excluding tert-OH is 1. The van der Waals surface area contributed by atoms with Gasteiger partial charge in [0.1, 0.15) is 0 Å². The molecule has 0 heterocycles. The van der Waals surface area contributed by atoms with Gasteiger partial charge in [-0.3, -0.25) is 0 Å². The first kappa shape index (κ1) is 9.01. The van der Waals surface area contributed by atoms with E-state index in [0.29, 0.717) is 5.41 Å². The Kier molecular flexibility index (Phi) is 2.55. The molecule has 1 saturated carbocycles. The molecule has 0 aliphatic heterocycles. The van der Waals surface area contributed by atoms with Crippen molar-refractivity contribution >= 4 is 0 Å². The Morgan fingerprint density at radius 1 is 1.45 bits per heavy atom. The first-order valence-electron chi connectivity index (χ1n) is 4.35. The minimum atomic E-state index is -0.0119. The summed E-state index contributed by atoms with van der Waals surface area (Å²) in [5.74, 6) is 0. The van der Waals surface area contributed by atoms with Crippen LogP contribution in [0.25, 0.3) is 0 Å². The number of aliphatic hydroxyl groups is 1. The molecule has 0 aromatic rings. The van der Waals surface area contributed by atoms with E-state index >= 15 is 0 Å². The molecule has 0 radical (unpaired) electrons. The Bertz CT molecular complexity index is 128. The Labute approximate surface area is 69.2 Å². The van der Waals surface area contributed by atoms with E-state index in [9.17, 15) is 0 Å². The SMILES string of the molecule is CN(C)CCC1(C)CC(O)C1. The van der Waals surface area contributed by atoms with Crippen LogP contribution in [-0.4, -0.2) is 36.8 Å². The lowest BCUT2D eigenvalue weighted by atomic mass is 9.66. The summed E-state index contributed by atoms with van der Waals surface area (Å²) in [6.45, 7) is 3.41. The van der Waals surface area contributed by atoms with Crippen LogP contribution in [-0.2, 0) is 0 Å². The molecule has 1 fully saturated rings. The van der Waals surface area contributed by atoms with Gasteiger partial charge in [-0.25, -0.2) is 0 Å². The number of hydrogen-bond donors (Lipinski definition) is 1. The largest absolute Gasteiger partial charge is 0.393 e. The van der Waals surface area contributed by atoms with Gasteiger partial charge in [0.15, 0.2) is 0 Å². The Hall–Kier alpha value is -0.0800. The van der Waals surface area contributed by atoms with Crippen molar-refractivity contribution in [2.24, 2.45) is 5.41 Å². The second kappa shape index (κ2) is 3.11. The Morgan fingerprint density at radius 3 is 2.36 bits per heavy atom. The Balaban J connectivity index is 2.16. The summed E-state index contributed by atoms with van der Waals surface area (Å²) in [7, 11) is 4.19. The highest BCUT2D eigenvalue weighted by atomic mass is 16.3. The second-order valence-electron chi connectivity index (χ2n) is 4.43. The number of rotatable bonds is 3. The summed E-state index contributed by atoms with van der Waals surface area (Å²) >= 11 is 0. The van der Waals surface area contributed by atoms with Crippen LogP contribution >= 0.6 is 0 Å². The molecule has 0 unspecified atom stereocenters. The molecule has 0 atom stereocenters. The molecule has 0 aromatic heterocycles.